The molecular weight excluding hydrogens is 446 g/mol. The van der Waals surface area contributed by atoms with Crippen molar-refractivity contribution in [2.24, 2.45) is 5.73 Å². The molecule has 1 aromatic heterocycles. The molecule has 174 valence electrons. The van der Waals surface area contributed by atoms with E-state index < -0.39 is 27.6 Å². The molecule has 9 nitrogen and oxygen atoms in total. The van der Waals surface area contributed by atoms with Crippen molar-refractivity contribution >= 4 is 15.7 Å². The number of amides is 1. The molecule has 5 N–H and O–H groups in total. The molecule has 0 saturated heterocycles. The summed E-state index contributed by atoms with van der Waals surface area (Å²) in [5.41, 5.74) is 6.53. The fourth-order valence-electron chi connectivity index (χ4n) is 3.21. The lowest BCUT2D eigenvalue weighted by atomic mass is 10.1. The Morgan fingerprint density at radius 3 is 2.52 bits per heavy atom. The van der Waals surface area contributed by atoms with E-state index in [1.165, 1.54) is 19.2 Å². The van der Waals surface area contributed by atoms with Crippen LogP contribution in [0.2, 0.25) is 0 Å². The van der Waals surface area contributed by atoms with Gasteiger partial charge in [-0.15, -0.1) is 0 Å². The zero-order chi connectivity index (χ0) is 24.0. The van der Waals surface area contributed by atoms with Gasteiger partial charge in [-0.25, -0.2) is 8.42 Å². The number of aromatic hydroxyl groups is 1. The first kappa shape index (κ1) is 24.2. The first-order valence-electron chi connectivity index (χ1n) is 10.1. The maximum absolute atomic E-state index is 13.0. The number of aliphatic hydroxyl groups is 1. The highest BCUT2D eigenvalue weighted by Gasteiger charge is 2.23. The Morgan fingerprint density at radius 1 is 1.18 bits per heavy atom. The predicted octanol–water partition coefficient (Wildman–Crippen LogP) is 1.59. The summed E-state index contributed by atoms with van der Waals surface area (Å²) in [6.45, 7) is 0.948. The van der Waals surface area contributed by atoms with Crippen molar-refractivity contribution in [3.05, 3.63) is 77.6 Å². The number of phenols is 1. The lowest BCUT2D eigenvalue weighted by Crippen LogP contribution is -2.23. The Balaban J connectivity index is 1.67. The van der Waals surface area contributed by atoms with Gasteiger partial charge < -0.3 is 26.0 Å². The Morgan fingerprint density at radius 2 is 1.91 bits per heavy atom. The summed E-state index contributed by atoms with van der Waals surface area (Å²) in [6.07, 6.45) is 3.21. The van der Waals surface area contributed by atoms with Gasteiger partial charge in [0.1, 0.15) is 0 Å². The Kier molecular flexibility index (Phi) is 7.64. The summed E-state index contributed by atoms with van der Waals surface area (Å²) in [6, 6.07) is 12.1. The third kappa shape index (κ3) is 5.67. The molecule has 1 amide bonds. The molecule has 10 heteroatoms. The van der Waals surface area contributed by atoms with Crippen LogP contribution in [0.15, 0.2) is 70.7 Å². The van der Waals surface area contributed by atoms with Crippen molar-refractivity contribution in [1.29, 1.82) is 0 Å². The molecular formula is C23H25N3O6S. The molecule has 0 aliphatic heterocycles. The van der Waals surface area contributed by atoms with Crippen LogP contribution in [0.5, 0.6) is 11.5 Å². The van der Waals surface area contributed by atoms with Gasteiger partial charge in [-0.05, 0) is 42.8 Å². The van der Waals surface area contributed by atoms with Gasteiger partial charge >= 0.3 is 0 Å². The van der Waals surface area contributed by atoms with Crippen LogP contribution in [0, 0.1) is 0 Å². The summed E-state index contributed by atoms with van der Waals surface area (Å²) in [5, 5.41) is 23.3. The molecule has 0 bridgehead atoms. The molecule has 3 aromatic rings. The monoisotopic (exact) mass is 471 g/mol. The molecule has 0 radical (unpaired) electrons. The minimum atomic E-state index is -3.98. The first-order chi connectivity index (χ1) is 15.7. The van der Waals surface area contributed by atoms with Gasteiger partial charge in [-0.2, -0.15) is 0 Å². The zero-order valence-corrected chi connectivity index (χ0v) is 18.7. The van der Waals surface area contributed by atoms with Gasteiger partial charge in [0.25, 0.3) is 5.91 Å². The van der Waals surface area contributed by atoms with Gasteiger partial charge in [-0.1, -0.05) is 18.2 Å². The number of aromatic nitrogens is 1. The van der Waals surface area contributed by atoms with E-state index in [0.717, 1.165) is 23.3 Å². The average molecular weight is 472 g/mol. The third-order valence-corrected chi connectivity index (χ3v) is 6.82. The number of aliphatic hydroxyl groups excluding tert-OH is 1. The molecule has 0 saturated carbocycles. The van der Waals surface area contributed by atoms with E-state index in [4.69, 9.17) is 10.5 Å². The number of pyridine rings is 1. The summed E-state index contributed by atoms with van der Waals surface area (Å²) < 4.78 is 31.0. The second kappa shape index (κ2) is 10.4. The van der Waals surface area contributed by atoms with E-state index >= 15 is 0 Å². The molecule has 0 aliphatic rings. The molecule has 2 aromatic carbocycles. The van der Waals surface area contributed by atoms with Crippen LogP contribution in [0.4, 0.5) is 0 Å². The molecule has 0 fully saturated rings. The molecule has 1 heterocycles. The number of nitrogens with zero attached hydrogens (tertiary/aromatic N) is 1. The number of benzene rings is 2. The van der Waals surface area contributed by atoms with E-state index in [9.17, 15) is 23.4 Å². The fourth-order valence-corrected chi connectivity index (χ4v) is 4.52. The number of hydrogen-bond acceptors (Lipinski definition) is 8. The number of nitrogens with two attached hydrogens (primary N) is 1. The summed E-state index contributed by atoms with van der Waals surface area (Å²) in [5.74, 6) is -1.65. The van der Waals surface area contributed by atoms with Crippen molar-refractivity contribution in [2.45, 2.75) is 22.3 Å². The minimum absolute atomic E-state index is 0.0226. The maximum Gasteiger partial charge on any atom is 0.252 e. The SMILES string of the molecule is COc1cc(S(=O)(=O)c2ccc(CCNC[C@@H](O)c3cccnc3)cc2)cc(C(N)=O)c1O. The van der Waals surface area contributed by atoms with Crippen molar-refractivity contribution in [1.82, 2.24) is 10.3 Å². The number of methoxy groups -OCH3 is 1. The van der Waals surface area contributed by atoms with E-state index in [2.05, 4.69) is 10.3 Å². The van der Waals surface area contributed by atoms with Crippen LogP contribution in [0.1, 0.15) is 27.6 Å². The number of sulfone groups is 1. The van der Waals surface area contributed by atoms with Crippen LogP contribution in [0.3, 0.4) is 0 Å². The van der Waals surface area contributed by atoms with E-state index in [1.807, 2.05) is 0 Å². The second-order valence-electron chi connectivity index (χ2n) is 7.29. The highest BCUT2D eigenvalue weighted by Crippen LogP contribution is 2.34. The highest BCUT2D eigenvalue weighted by atomic mass is 32.2. The van der Waals surface area contributed by atoms with Crippen LogP contribution in [0.25, 0.3) is 0 Å². The Bertz CT molecular complexity index is 1210. The molecule has 0 aliphatic carbocycles. The van der Waals surface area contributed by atoms with Crippen LogP contribution < -0.4 is 15.8 Å². The number of carbonyl (C=O) groups is 1. The quantitative estimate of drug-likeness (QED) is 0.325. The Labute approximate surface area is 191 Å². The van der Waals surface area contributed by atoms with Crippen molar-refractivity contribution < 1.29 is 28.2 Å². The van der Waals surface area contributed by atoms with Gasteiger partial charge in [0.2, 0.25) is 9.84 Å². The predicted molar refractivity (Wildman–Crippen MR) is 121 cm³/mol. The smallest absolute Gasteiger partial charge is 0.252 e. The van der Waals surface area contributed by atoms with E-state index in [-0.39, 0.29) is 21.1 Å². The van der Waals surface area contributed by atoms with Gasteiger partial charge in [-0.3, -0.25) is 9.78 Å². The largest absolute Gasteiger partial charge is 0.504 e. The number of carbonyl (C=O) groups excluding carboxylic acids is 1. The number of nitrogens with one attached hydrogen (secondary N) is 1. The molecule has 1 atom stereocenters. The van der Waals surface area contributed by atoms with E-state index in [0.29, 0.717) is 19.5 Å². The van der Waals surface area contributed by atoms with E-state index in [1.54, 1.807) is 36.7 Å². The number of ether oxygens (including phenoxy) is 1. The Hall–Kier alpha value is -3.47. The first-order valence-corrected chi connectivity index (χ1v) is 11.6. The van der Waals surface area contributed by atoms with Gasteiger partial charge in [0.05, 0.1) is 28.6 Å². The molecule has 0 spiro atoms. The highest BCUT2D eigenvalue weighted by molar-refractivity contribution is 7.91. The summed E-state index contributed by atoms with van der Waals surface area (Å²) in [7, 11) is -2.74. The van der Waals surface area contributed by atoms with Crippen molar-refractivity contribution in [3.8, 4) is 11.5 Å². The van der Waals surface area contributed by atoms with Crippen molar-refractivity contribution in [2.75, 3.05) is 20.2 Å². The van der Waals surface area contributed by atoms with Crippen molar-refractivity contribution in [3.63, 3.8) is 0 Å². The van der Waals surface area contributed by atoms with Crippen LogP contribution in [-0.2, 0) is 16.3 Å². The fraction of sp³-hybridized carbons (Fsp3) is 0.217. The van der Waals surface area contributed by atoms with Crippen LogP contribution in [-0.4, -0.2) is 49.7 Å². The lowest BCUT2D eigenvalue weighted by molar-refractivity contribution is 0.0997. The second-order valence-corrected chi connectivity index (χ2v) is 9.24. The van der Waals surface area contributed by atoms with Crippen LogP contribution >= 0.6 is 0 Å². The summed E-state index contributed by atoms with van der Waals surface area (Å²) in [4.78, 5) is 15.4. The molecule has 3 rings (SSSR count). The minimum Gasteiger partial charge on any atom is -0.504 e. The molecule has 0 unspecified atom stereocenters. The normalized spacial score (nSPS) is 12.3. The summed E-state index contributed by atoms with van der Waals surface area (Å²) >= 11 is 0. The standard InChI is InChI=1S/C23H25N3O6S/c1-32-21-12-18(11-19(22(21)28)23(24)29)33(30,31)17-6-4-15(5-7-17)8-10-26-14-20(27)16-3-2-9-25-13-16/h2-7,9,11-13,20,26-28H,8,10,14H2,1H3,(H2,24,29)/t20-/m1/s1. The number of hydrogen-bond donors (Lipinski definition) is 4. The van der Waals surface area contributed by atoms with Gasteiger partial charge in [0, 0.05) is 30.6 Å². The van der Waals surface area contributed by atoms with Gasteiger partial charge in [0.15, 0.2) is 11.5 Å². The average Bonchev–Trinajstić information content (AvgIpc) is 2.82. The molecule has 33 heavy (non-hydrogen) atoms. The number of rotatable bonds is 10. The lowest BCUT2D eigenvalue weighted by Gasteiger charge is -2.12. The number of primary amides is 1. The zero-order valence-electron chi connectivity index (χ0n) is 17.9. The topological polar surface area (TPSA) is 152 Å². The third-order valence-electron chi connectivity index (χ3n) is 5.08. The maximum atomic E-state index is 13.0.